The molecule has 0 amide bonds. The molecule has 0 radical (unpaired) electrons. The van der Waals surface area contributed by atoms with E-state index in [0.29, 0.717) is 23.2 Å². The quantitative estimate of drug-likeness (QED) is 0.730. The fraction of sp³-hybridized carbons (Fsp3) is 0.0714. The van der Waals surface area contributed by atoms with Crippen LogP contribution < -0.4 is 10.5 Å². The van der Waals surface area contributed by atoms with Gasteiger partial charge in [0.05, 0.1) is 0 Å². The zero-order chi connectivity index (χ0) is 13.8. The molecule has 3 aromatic rings. The number of hydrogen-bond donors (Lipinski definition) is 1. The molecule has 0 aliphatic heterocycles. The van der Waals surface area contributed by atoms with Crippen LogP contribution in [0.4, 0.5) is 5.69 Å². The summed E-state index contributed by atoms with van der Waals surface area (Å²) in [6.45, 7) is 0.191. The molecule has 0 fully saturated rings. The van der Waals surface area contributed by atoms with Crippen molar-refractivity contribution in [2.45, 2.75) is 6.61 Å². The van der Waals surface area contributed by atoms with E-state index in [-0.39, 0.29) is 6.61 Å². The summed E-state index contributed by atoms with van der Waals surface area (Å²) < 4.78 is 10.7. The van der Waals surface area contributed by atoms with Gasteiger partial charge in [0.15, 0.2) is 6.61 Å². The predicted molar refractivity (Wildman–Crippen MR) is 72.7 cm³/mol. The third-order valence-corrected chi connectivity index (χ3v) is 2.61. The van der Waals surface area contributed by atoms with Gasteiger partial charge in [-0.1, -0.05) is 11.2 Å². The predicted octanol–water partition coefficient (Wildman–Crippen LogP) is 2.29. The maximum atomic E-state index is 5.67. The third-order valence-electron chi connectivity index (χ3n) is 2.61. The maximum Gasteiger partial charge on any atom is 0.264 e. The zero-order valence-corrected chi connectivity index (χ0v) is 10.6. The van der Waals surface area contributed by atoms with Crippen molar-refractivity contribution in [3.8, 4) is 17.1 Å². The lowest BCUT2D eigenvalue weighted by Crippen LogP contribution is -1.96. The summed E-state index contributed by atoms with van der Waals surface area (Å²) in [5.41, 5.74) is 7.11. The lowest BCUT2D eigenvalue weighted by atomic mass is 10.3. The molecule has 6 heteroatoms. The first-order valence-corrected chi connectivity index (χ1v) is 6.02. The van der Waals surface area contributed by atoms with Crippen LogP contribution in [0.1, 0.15) is 5.89 Å². The van der Waals surface area contributed by atoms with Crippen LogP contribution in [0.5, 0.6) is 5.75 Å². The second-order valence-corrected chi connectivity index (χ2v) is 4.11. The molecule has 2 heterocycles. The summed E-state index contributed by atoms with van der Waals surface area (Å²) in [5.74, 6) is 1.54. The Kier molecular flexibility index (Phi) is 3.28. The molecule has 6 nitrogen and oxygen atoms in total. The summed E-state index contributed by atoms with van der Waals surface area (Å²) in [5, 5.41) is 3.89. The zero-order valence-electron chi connectivity index (χ0n) is 10.6. The van der Waals surface area contributed by atoms with Crippen molar-refractivity contribution in [1.29, 1.82) is 0 Å². The third kappa shape index (κ3) is 2.74. The normalized spacial score (nSPS) is 10.4. The van der Waals surface area contributed by atoms with E-state index in [2.05, 4.69) is 15.1 Å². The van der Waals surface area contributed by atoms with Crippen molar-refractivity contribution in [2.24, 2.45) is 0 Å². The molecular formula is C14H12N4O2. The second kappa shape index (κ2) is 5.40. The van der Waals surface area contributed by atoms with Crippen molar-refractivity contribution in [3.05, 3.63) is 54.7 Å². The standard InChI is InChI=1S/C14H12N4O2/c15-11-4-1-5-12(7-11)19-9-13-17-14(18-20-13)10-3-2-6-16-8-10/h1-8H,9,15H2. The van der Waals surface area contributed by atoms with Crippen LogP contribution in [0.15, 0.2) is 53.3 Å². The first-order chi connectivity index (χ1) is 9.81. The van der Waals surface area contributed by atoms with Gasteiger partial charge >= 0.3 is 0 Å². The second-order valence-electron chi connectivity index (χ2n) is 4.11. The first-order valence-electron chi connectivity index (χ1n) is 6.02. The number of nitrogens with two attached hydrogens (primary N) is 1. The van der Waals surface area contributed by atoms with Gasteiger partial charge in [0, 0.05) is 29.7 Å². The molecule has 0 saturated carbocycles. The van der Waals surface area contributed by atoms with Crippen LogP contribution in [0.25, 0.3) is 11.4 Å². The molecule has 0 unspecified atom stereocenters. The van der Waals surface area contributed by atoms with Gasteiger partial charge in [0.25, 0.3) is 5.89 Å². The van der Waals surface area contributed by atoms with Crippen LogP contribution in [-0.4, -0.2) is 15.1 Å². The van der Waals surface area contributed by atoms with Gasteiger partial charge < -0.3 is 15.0 Å². The summed E-state index contributed by atoms with van der Waals surface area (Å²) in [4.78, 5) is 8.25. The van der Waals surface area contributed by atoms with E-state index in [9.17, 15) is 0 Å². The minimum absolute atomic E-state index is 0.191. The van der Waals surface area contributed by atoms with Crippen molar-refractivity contribution < 1.29 is 9.26 Å². The molecule has 0 bridgehead atoms. The minimum atomic E-state index is 0.191. The number of pyridine rings is 1. The number of nitrogen functional groups attached to an aromatic ring is 1. The highest BCUT2D eigenvalue weighted by Gasteiger charge is 2.09. The van der Waals surface area contributed by atoms with E-state index < -0.39 is 0 Å². The number of anilines is 1. The van der Waals surface area contributed by atoms with Gasteiger partial charge in [-0.25, -0.2) is 0 Å². The minimum Gasteiger partial charge on any atom is -0.484 e. The average molecular weight is 268 g/mol. The molecule has 3 rings (SSSR count). The van der Waals surface area contributed by atoms with E-state index in [0.717, 1.165) is 5.56 Å². The Hall–Kier alpha value is -2.89. The van der Waals surface area contributed by atoms with E-state index in [1.807, 2.05) is 24.3 Å². The van der Waals surface area contributed by atoms with Crippen LogP contribution >= 0.6 is 0 Å². The smallest absolute Gasteiger partial charge is 0.264 e. The number of hydrogen-bond acceptors (Lipinski definition) is 6. The van der Waals surface area contributed by atoms with Crippen molar-refractivity contribution in [1.82, 2.24) is 15.1 Å². The van der Waals surface area contributed by atoms with E-state index in [1.165, 1.54) is 0 Å². The Labute approximate surface area is 115 Å². The van der Waals surface area contributed by atoms with Crippen LogP contribution in [-0.2, 0) is 6.61 Å². The van der Waals surface area contributed by atoms with E-state index >= 15 is 0 Å². The number of nitrogens with zero attached hydrogens (tertiary/aromatic N) is 3. The summed E-state index contributed by atoms with van der Waals surface area (Å²) >= 11 is 0. The number of benzene rings is 1. The Bertz CT molecular complexity index is 697. The van der Waals surface area contributed by atoms with Crippen molar-refractivity contribution in [2.75, 3.05) is 5.73 Å². The Balaban J connectivity index is 1.69. The Morgan fingerprint density at radius 3 is 2.95 bits per heavy atom. The Morgan fingerprint density at radius 2 is 2.15 bits per heavy atom. The van der Waals surface area contributed by atoms with E-state index in [4.69, 9.17) is 15.0 Å². The van der Waals surface area contributed by atoms with Crippen LogP contribution in [0.2, 0.25) is 0 Å². The molecule has 0 aliphatic rings. The highest BCUT2D eigenvalue weighted by molar-refractivity contribution is 5.51. The van der Waals surface area contributed by atoms with Crippen LogP contribution in [0.3, 0.4) is 0 Å². The van der Waals surface area contributed by atoms with Gasteiger partial charge in [-0.2, -0.15) is 4.98 Å². The number of ether oxygens (including phenoxy) is 1. The maximum absolute atomic E-state index is 5.67. The molecule has 1 aromatic carbocycles. The Morgan fingerprint density at radius 1 is 1.20 bits per heavy atom. The molecule has 2 N–H and O–H groups in total. The van der Waals surface area contributed by atoms with E-state index in [1.54, 1.807) is 24.5 Å². The summed E-state index contributed by atoms with van der Waals surface area (Å²) in [6, 6.07) is 10.8. The summed E-state index contributed by atoms with van der Waals surface area (Å²) in [7, 11) is 0. The molecule has 2 aromatic heterocycles. The molecule has 0 spiro atoms. The van der Waals surface area contributed by atoms with Gasteiger partial charge in [-0.05, 0) is 24.3 Å². The molecular weight excluding hydrogens is 256 g/mol. The topological polar surface area (TPSA) is 87.1 Å². The largest absolute Gasteiger partial charge is 0.484 e. The SMILES string of the molecule is Nc1cccc(OCc2nc(-c3cccnc3)no2)c1. The van der Waals surface area contributed by atoms with Crippen molar-refractivity contribution >= 4 is 5.69 Å². The molecule has 0 aliphatic carbocycles. The number of aromatic nitrogens is 3. The fourth-order valence-electron chi connectivity index (χ4n) is 1.68. The van der Waals surface area contributed by atoms with Gasteiger partial charge in [0.1, 0.15) is 5.75 Å². The molecule has 0 atom stereocenters. The average Bonchev–Trinajstić information content (AvgIpc) is 2.95. The van der Waals surface area contributed by atoms with Gasteiger partial charge in [0.2, 0.25) is 5.82 Å². The molecule has 20 heavy (non-hydrogen) atoms. The highest BCUT2D eigenvalue weighted by Crippen LogP contribution is 2.17. The molecule has 0 saturated heterocycles. The fourth-order valence-corrected chi connectivity index (χ4v) is 1.68. The first kappa shape index (κ1) is 12.2. The highest BCUT2D eigenvalue weighted by atomic mass is 16.5. The van der Waals surface area contributed by atoms with Gasteiger partial charge in [-0.15, -0.1) is 0 Å². The lowest BCUT2D eigenvalue weighted by molar-refractivity contribution is 0.243. The number of rotatable bonds is 4. The lowest BCUT2D eigenvalue weighted by Gasteiger charge is -2.03. The van der Waals surface area contributed by atoms with Crippen molar-refractivity contribution in [3.63, 3.8) is 0 Å². The monoisotopic (exact) mass is 268 g/mol. The summed E-state index contributed by atoms with van der Waals surface area (Å²) in [6.07, 6.45) is 3.36. The molecule has 100 valence electrons. The van der Waals surface area contributed by atoms with Gasteiger partial charge in [-0.3, -0.25) is 4.98 Å². The van der Waals surface area contributed by atoms with Crippen LogP contribution in [0, 0.1) is 0 Å².